The first-order chi connectivity index (χ1) is 14.7. The van der Waals surface area contributed by atoms with Crippen LogP contribution >= 0.6 is 33.9 Å². The fourth-order valence-electron chi connectivity index (χ4n) is 3.51. The minimum atomic E-state index is -0.402. The number of nitrogens with one attached hydrogen (secondary N) is 1. The number of halogens is 1. The summed E-state index contributed by atoms with van der Waals surface area (Å²) in [7, 11) is 3.24. The second kappa shape index (κ2) is 8.27. The number of rotatable bonds is 6. The van der Waals surface area contributed by atoms with Crippen LogP contribution in [0.25, 0.3) is 21.3 Å². The highest BCUT2D eigenvalue weighted by atomic mass is 127. The molecule has 0 amide bonds. The molecular weight excluding hydrogens is 527 g/mol. The van der Waals surface area contributed by atoms with Gasteiger partial charge in [0, 0.05) is 21.2 Å². The van der Waals surface area contributed by atoms with Gasteiger partial charge in [0.1, 0.15) is 20.9 Å². The van der Waals surface area contributed by atoms with Crippen molar-refractivity contribution >= 4 is 50.6 Å². The third-order valence-electron chi connectivity index (χ3n) is 5.01. The lowest BCUT2D eigenvalue weighted by atomic mass is 10.1. The SMILES string of the molecule is COc1cc2nc(C)nc(NC(C)(I)c3ccc(-c4c(C)noc4C)s3)c2cc1OC. The molecular formula is C22H23IN4O3S. The number of thiophene rings is 1. The van der Waals surface area contributed by atoms with Crippen molar-refractivity contribution < 1.29 is 14.0 Å². The van der Waals surface area contributed by atoms with Gasteiger partial charge in [0.15, 0.2) is 11.5 Å². The number of hydrogen-bond acceptors (Lipinski definition) is 8. The quantitative estimate of drug-likeness (QED) is 0.179. The number of benzene rings is 1. The van der Waals surface area contributed by atoms with Gasteiger partial charge < -0.3 is 19.3 Å². The Morgan fingerprint density at radius 3 is 2.42 bits per heavy atom. The Kier molecular flexibility index (Phi) is 5.82. The van der Waals surface area contributed by atoms with Gasteiger partial charge in [0.2, 0.25) is 0 Å². The van der Waals surface area contributed by atoms with Crippen molar-refractivity contribution in [2.45, 2.75) is 31.2 Å². The molecule has 3 heterocycles. The Morgan fingerprint density at radius 2 is 1.77 bits per heavy atom. The van der Waals surface area contributed by atoms with Gasteiger partial charge in [0.25, 0.3) is 0 Å². The van der Waals surface area contributed by atoms with Crippen LogP contribution in [-0.2, 0) is 3.55 Å². The van der Waals surface area contributed by atoms with E-state index in [1.54, 1.807) is 25.6 Å². The molecule has 162 valence electrons. The maximum absolute atomic E-state index is 5.49. The van der Waals surface area contributed by atoms with Crippen LogP contribution in [0.2, 0.25) is 0 Å². The Balaban J connectivity index is 1.74. The molecule has 0 spiro atoms. The van der Waals surface area contributed by atoms with E-state index in [1.165, 1.54) is 0 Å². The van der Waals surface area contributed by atoms with Crippen molar-refractivity contribution in [3.05, 3.63) is 46.4 Å². The molecule has 4 aromatic rings. The summed E-state index contributed by atoms with van der Waals surface area (Å²) in [5, 5.41) is 8.56. The second-order valence-electron chi connectivity index (χ2n) is 7.33. The van der Waals surface area contributed by atoms with Crippen molar-refractivity contribution in [3.63, 3.8) is 0 Å². The van der Waals surface area contributed by atoms with E-state index in [4.69, 9.17) is 14.0 Å². The largest absolute Gasteiger partial charge is 0.493 e. The van der Waals surface area contributed by atoms with Crippen molar-refractivity contribution in [2.75, 3.05) is 19.5 Å². The standard InChI is InChI=1S/C22H23IN4O3S/c1-11-20(12(2)30-27-11)18-7-8-19(31-18)22(4,23)26-21-14-9-16(28-5)17(29-6)10-15(14)24-13(3)25-21/h7-10H,1-6H3,(H,24,25,26). The smallest absolute Gasteiger partial charge is 0.162 e. The minimum Gasteiger partial charge on any atom is -0.493 e. The van der Waals surface area contributed by atoms with E-state index in [0.29, 0.717) is 17.3 Å². The Labute approximate surface area is 198 Å². The molecule has 0 radical (unpaired) electrons. The lowest BCUT2D eigenvalue weighted by molar-refractivity contribution is 0.356. The number of anilines is 1. The number of aromatic nitrogens is 3. The average Bonchev–Trinajstić information content (AvgIpc) is 3.33. The highest BCUT2D eigenvalue weighted by molar-refractivity contribution is 14.1. The Bertz CT molecular complexity index is 1250. The first-order valence-corrected chi connectivity index (χ1v) is 11.5. The molecule has 4 rings (SSSR count). The third-order valence-corrected chi connectivity index (χ3v) is 7.56. The van der Waals surface area contributed by atoms with E-state index >= 15 is 0 Å². The zero-order valence-corrected chi connectivity index (χ0v) is 21.1. The fourth-order valence-corrected chi connectivity index (χ4v) is 5.42. The van der Waals surface area contributed by atoms with Gasteiger partial charge in [0.05, 0.1) is 31.0 Å². The number of nitrogens with zero attached hydrogens (tertiary/aromatic N) is 3. The topological polar surface area (TPSA) is 82.3 Å². The van der Waals surface area contributed by atoms with Crippen LogP contribution in [0.4, 0.5) is 5.82 Å². The summed E-state index contributed by atoms with van der Waals surface area (Å²) in [5.41, 5.74) is 2.75. The van der Waals surface area contributed by atoms with Crippen LogP contribution in [-0.4, -0.2) is 29.3 Å². The van der Waals surface area contributed by atoms with E-state index in [0.717, 1.165) is 43.5 Å². The zero-order valence-electron chi connectivity index (χ0n) is 18.2. The van der Waals surface area contributed by atoms with Crippen LogP contribution in [0.15, 0.2) is 28.8 Å². The molecule has 0 aliphatic rings. The van der Waals surface area contributed by atoms with Crippen molar-refractivity contribution in [3.8, 4) is 21.9 Å². The molecule has 1 N–H and O–H groups in total. The molecule has 31 heavy (non-hydrogen) atoms. The van der Waals surface area contributed by atoms with Crippen LogP contribution < -0.4 is 14.8 Å². The zero-order chi connectivity index (χ0) is 22.3. The number of fused-ring (bicyclic) bond motifs is 1. The number of hydrogen-bond donors (Lipinski definition) is 1. The number of methoxy groups -OCH3 is 2. The molecule has 1 aromatic carbocycles. The minimum absolute atomic E-state index is 0.402. The molecule has 0 aliphatic heterocycles. The lowest BCUT2D eigenvalue weighted by Gasteiger charge is -2.25. The molecule has 1 unspecified atom stereocenters. The third kappa shape index (κ3) is 4.08. The summed E-state index contributed by atoms with van der Waals surface area (Å²) in [4.78, 5) is 11.6. The van der Waals surface area contributed by atoms with E-state index < -0.39 is 3.55 Å². The summed E-state index contributed by atoms with van der Waals surface area (Å²) < 4.78 is 15.9. The summed E-state index contributed by atoms with van der Waals surface area (Å²) in [5.74, 6) is 3.52. The summed E-state index contributed by atoms with van der Waals surface area (Å²) in [6.45, 7) is 7.91. The van der Waals surface area contributed by atoms with E-state index in [2.05, 4.69) is 62.1 Å². The van der Waals surface area contributed by atoms with Crippen LogP contribution in [0.3, 0.4) is 0 Å². The highest BCUT2D eigenvalue weighted by Crippen LogP contribution is 2.43. The van der Waals surface area contributed by atoms with Gasteiger partial charge in [-0.15, -0.1) is 11.3 Å². The predicted octanol–water partition coefficient (Wildman–Crippen LogP) is 6.01. The molecule has 7 nitrogen and oxygen atoms in total. The molecule has 0 bridgehead atoms. The van der Waals surface area contributed by atoms with E-state index in [9.17, 15) is 0 Å². The summed E-state index contributed by atoms with van der Waals surface area (Å²) in [6, 6.07) is 8.03. The molecule has 3 aromatic heterocycles. The molecule has 1 atom stereocenters. The van der Waals surface area contributed by atoms with Gasteiger partial charge in [-0.3, -0.25) is 0 Å². The average molecular weight is 550 g/mol. The first kappa shape index (κ1) is 21.8. The number of aryl methyl sites for hydroxylation is 3. The molecule has 0 aliphatic carbocycles. The second-order valence-corrected chi connectivity index (χ2v) is 10.6. The maximum atomic E-state index is 5.49. The maximum Gasteiger partial charge on any atom is 0.162 e. The molecule has 9 heteroatoms. The van der Waals surface area contributed by atoms with E-state index in [1.807, 2.05) is 32.9 Å². The lowest BCUT2D eigenvalue weighted by Crippen LogP contribution is -2.24. The molecule has 0 saturated carbocycles. The monoisotopic (exact) mass is 550 g/mol. The fraction of sp³-hybridized carbons (Fsp3) is 0.318. The van der Waals surface area contributed by atoms with Crippen LogP contribution in [0, 0.1) is 20.8 Å². The van der Waals surface area contributed by atoms with Crippen LogP contribution in [0.1, 0.15) is 29.1 Å². The molecule has 0 fully saturated rings. The Hall–Kier alpha value is -2.40. The summed E-state index contributed by atoms with van der Waals surface area (Å²) in [6.07, 6.45) is 0. The van der Waals surface area contributed by atoms with Crippen molar-refractivity contribution in [1.82, 2.24) is 15.1 Å². The highest BCUT2D eigenvalue weighted by Gasteiger charge is 2.28. The van der Waals surface area contributed by atoms with Gasteiger partial charge in [-0.25, -0.2) is 9.97 Å². The Morgan fingerprint density at radius 1 is 1.06 bits per heavy atom. The van der Waals surface area contributed by atoms with E-state index in [-0.39, 0.29) is 0 Å². The number of alkyl halides is 1. The normalized spacial score (nSPS) is 13.3. The van der Waals surface area contributed by atoms with Crippen molar-refractivity contribution in [2.24, 2.45) is 0 Å². The van der Waals surface area contributed by atoms with Crippen molar-refractivity contribution in [1.29, 1.82) is 0 Å². The van der Waals surface area contributed by atoms with Gasteiger partial charge in [-0.2, -0.15) is 0 Å². The number of ether oxygens (including phenoxy) is 2. The predicted molar refractivity (Wildman–Crippen MR) is 132 cm³/mol. The van der Waals surface area contributed by atoms with Gasteiger partial charge >= 0.3 is 0 Å². The molecule has 0 saturated heterocycles. The first-order valence-electron chi connectivity index (χ1n) is 9.64. The van der Waals surface area contributed by atoms with Gasteiger partial charge in [-0.05, 0) is 68.5 Å². The van der Waals surface area contributed by atoms with Crippen LogP contribution in [0.5, 0.6) is 11.5 Å². The van der Waals surface area contributed by atoms with Gasteiger partial charge in [-0.1, -0.05) is 5.16 Å². The summed E-state index contributed by atoms with van der Waals surface area (Å²) >= 11 is 4.12.